The van der Waals surface area contributed by atoms with Crippen LogP contribution in [0.3, 0.4) is 0 Å². The highest BCUT2D eigenvalue weighted by Gasteiger charge is 2.30. The van der Waals surface area contributed by atoms with Crippen molar-refractivity contribution in [3.05, 3.63) is 12.0 Å². The molecule has 1 aliphatic heterocycles. The van der Waals surface area contributed by atoms with Crippen molar-refractivity contribution in [2.24, 2.45) is 11.8 Å². The minimum Gasteiger partial charge on any atom is -0.495 e. The molecule has 1 heterocycles. The van der Waals surface area contributed by atoms with E-state index in [1.165, 1.54) is 4.90 Å². The molecule has 68 valence electrons. The van der Waals surface area contributed by atoms with Crippen molar-refractivity contribution in [3.8, 4) is 0 Å². The van der Waals surface area contributed by atoms with Crippen molar-refractivity contribution >= 4 is 5.91 Å². The van der Waals surface area contributed by atoms with Gasteiger partial charge in [0.15, 0.2) is 5.88 Å². The molecule has 0 aromatic carbocycles. The van der Waals surface area contributed by atoms with Gasteiger partial charge in [-0.1, -0.05) is 13.8 Å². The standard InChI is InChI=1S/C9H15NO2/c1-4-10-8(11)5-6(2)7(3)9(10)12/h5-7,11H,4H2,1-3H3. The van der Waals surface area contributed by atoms with Gasteiger partial charge in [0.1, 0.15) is 0 Å². The summed E-state index contributed by atoms with van der Waals surface area (Å²) in [5.41, 5.74) is 0. The second kappa shape index (κ2) is 3.17. The van der Waals surface area contributed by atoms with Gasteiger partial charge in [-0.3, -0.25) is 9.69 Å². The lowest BCUT2D eigenvalue weighted by Crippen LogP contribution is -2.40. The van der Waals surface area contributed by atoms with Gasteiger partial charge >= 0.3 is 0 Å². The predicted octanol–water partition coefficient (Wildman–Crippen LogP) is 1.52. The van der Waals surface area contributed by atoms with Gasteiger partial charge in [0.25, 0.3) is 0 Å². The predicted molar refractivity (Wildman–Crippen MR) is 46.4 cm³/mol. The molecule has 0 aromatic heterocycles. The van der Waals surface area contributed by atoms with Crippen LogP contribution in [0.25, 0.3) is 0 Å². The quantitative estimate of drug-likeness (QED) is 0.646. The van der Waals surface area contributed by atoms with Crippen LogP contribution in [-0.4, -0.2) is 22.5 Å². The van der Waals surface area contributed by atoms with Crippen molar-refractivity contribution in [1.82, 2.24) is 4.90 Å². The second-order valence-electron chi connectivity index (χ2n) is 3.26. The Morgan fingerprint density at radius 2 is 2.17 bits per heavy atom. The lowest BCUT2D eigenvalue weighted by molar-refractivity contribution is -0.137. The Morgan fingerprint density at radius 3 is 2.67 bits per heavy atom. The summed E-state index contributed by atoms with van der Waals surface area (Å²) in [4.78, 5) is 12.9. The summed E-state index contributed by atoms with van der Waals surface area (Å²) in [7, 11) is 0. The molecular weight excluding hydrogens is 154 g/mol. The largest absolute Gasteiger partial charge is 0.495 e. The highest BCUT2D eigenvalue weighted by molar-refractivity contribution is 5.81. The molecule has 0 aliphatic carbocycles. The first-order valence-corrected chi connectivity index (χ1v) is 4.30. The molecule has 0 aromatic rings. The molecular formula is C9H15NO2. The van der Waals surface area contributed by atoms with Crippen molar-refractivity contribution in [2.45, 2.75) is 20.8 Å². The molecule has 2 atom stereocenters. The highest BCUT2D eigenvalue weighted by atomic mass is 16.3. The summed E-state index contributed by atoms with van der Waals surface area (Å²) in [6.07, 6.45) is 1.73. The SMILES string of the molecule is CCN1C(=O)C(C)C(C)C=C1O. The third-order valence-corrected chi connectivity index (χ3v) is 2.45. The summed E-state index contributed by atoms with van der Waals surface area (Å²) in [6.45, 7) is 6.22. The maximum atomic E-state index is 11.5. The maximum Gasteiger partial charge on any atom is 0.232 e. The number of rotatable bonds is 1. The number of nitrogens with zero attached hydrogens (tertiary/aromatic N) is 1. The molecule has 1 rings (SSSR count). The molecule has 3 nitrogen and oxygen atoms in total. The molecule has 12 heavy (non-hydrogen) atoms. The van der Waals surface area contributed by atoms with Gasteiger partial charge in [0.05, 0.1) is 0 Å². The fourth-order valence-corrected chi connectivity index (χ4v) is 1.37. The molecule has 3 heteroatoms. The van der Waals surface area contributed by atoms with Crippen LogP contribution >= 0.6 is 0 Å². The molecule has 1 N–H and O–H groups in total. The fourth-order valence-electron chi connectivity index (χ4n) is 1.37. The number of aliphatic hydroxyl groups excluding tert-OH is 1. The van der Waals surface area contributed by atoms with Gasteiger partial charge in [-0.05, 0) is 18.9 Å². The van der Waals surface area contributed by atoms with E-state index in [0.717, 1.165) is 0 Å². The Balaban J connectivity index is 2.91. The summed E-state index contributed by atoms with van der Waals surface area (Å²) in [6, 6.07) is 0. The van der Waals surface area contributed by atoms with Gasteiger partial charge < -0.3 is 5.11 Å². The summed E-state index contributed by atoms with van der Waals surface area (Å²) < 4.78 is 0. The van der Waals surface area contributed by atoms with E-state index in [1.54, 1.807) is 6.08 Å². The third-order valence-electron chi connectivity index (χ3n) is 2.45. The van der Waals surface area contributed by atoms with Gasteiger partial charge in [0, 0.05) is 12.5 Å². The second-order valence-corrected chi connectivity index (χ2v) is 3.26. The summed E-state index contributed by atoms with van der Waals surface area (Å²) in [5.74, 6) is 0.249. The minimum absolute atomic E-state index is 0.0131. The van der Waals surface area contributed by atoms with E-state index in [9.17, 15) is 9.90 Å². The number of allylic oxidation sites excluding steroid dienone is 1. The molecule has 0 saturated heterocycles. The van der Waals surface area contributed by atoms with E-state index in [-0.39, 0.29) is 23.6 Å². The normalized spacial score (nSPS) is 30.4. The van der Waals surface area contributed by atoms with Crippen LogP contribution in [0.5, 0.6) is 0 Å². The van der Waals surface area contributed by atoms with Gasteiger partial charge in [0.2, 0.25) is 5.91 Å². The van der Waals surface area contributed by atoms with Crippen LogP contribution in [0.15, 0.2) is 12.0 Å². The smallest absolute Gasteiger partial charge is 0.232 e. The Hall–Kier alpha value is -0.990. The minimum atomic E-state index is -0.0131. The Labute approximate surface area is 72.7 Å². The molecule has 0 radical (unpaired) electrons. The van der Waals surface area contributed by atoms with E-state index in [1.807, 2.05) is 20.8 Å². The molecule has 0 fully saturated rings. The van der Waals surface area contributed by atoms with E-state index >= 15 is 0 Å². The fraction of sp³-hybridized carbons (Fsp3) is 0.667. The van der Waals surface area contributed by atoms with Gasteiger partial charge in [-0.25, -0.2) is 0 Å². The molecule has 0 saturated carbocycles. The zero-order chi connectivity index (χ0) is 9.30. The Bertz CT molecular complexity index is 223. The Kier molecular flexibility index (Phi) is 2.40. The zero-order valence-electron chi connectivity index (χ0n) is 7.74. The molecule has 0 bridgehead atoms. The number of hydrogen-bond donors (Lipinski definition) is 1. The van der Waals surface area contributed by atoms with E-state index in [2.05, 4.69) is 0 Å². The topological polar surface area (TPSA) is 40.5 Å². The first kappa shape index (κ1) is 9.10. The van der Waals surface area contributed by atoms with Gasteiger partial charge in [-0.15, -0.1) is 0 Å². The van der Waals surface area contributed by atoms with Crippen LogP contribution in [0, 0.1) is 11.8 Å². The van der Waals surface area contributed by atoms with Crippen molar-refractivity contribution in [3.63, 3.8) is 0 Å². The first-order chi connectivity index (χ1) is 5.57. The number of carbonyl (C=O) groups is 1. The van der Waals surface area contributed by atoms with Crippen LogP contribution in [0.2, 0.25) is 0 Å². The molecule has 1 amide bonds. The van der Waals surface area contributed by atoms with E-state index in [0.29, 0.717) is 6.54 Å². The molecule has 2 unspecified atom stereocenters. The summed E-state index contributed by atoms with van der Waals surface area (Å²) in [5, 5.41) is 9.39. The van der Waals surface area contributed by atoms with Crippen LogP contribution in [0.1, 0.15) is 20.8 Å². The van der Waals surface area contributed by atoms with E-state index in [4.69, 9.17) is 0 Å². The molecule has 1 aliphatic rings. The number of carbonyl (C=O) groups excluding carboxylic acids is 1. The Morgan fingerprint density at radius 1 is 1.58 bits per heavy atom. The van der Waals surface area contributed by atoms with Crippen molar-refractivity contribution in [2.75, 3.05) is 6.54 Å². The number of amides is 1. The molecule has 0 spiro atoms. The first-order valence-electron chi connectivity index (χ1n) is 4.30. The lowest BCUT2D eigenvalue weighted by Gasteiger charge is -2.30. The van der Waals surface area contributed by atoms with Crippen LogP contribution in [0.4, 0.5) is 0 Å². The maximum absolute atomic E-state index is 11.5. The number of aliphatic hydroxyl groups is 1. The van der Waals surface area contributed by atoms with Crippen LogP contribution in [-0.2, 0) is 4.79 Å². The monoisotopic (exact) mass is 169 g/mol. The zero-order valence-corrected chi connectivity index (χ0v) is 7.74. The van der Waals surface area contributed by atoms with Crippen molar-refractivity contribution < 1.29 is 9.90 Å². The average Bonchev–Trinajstić information content (AvgIpc) is 2.01. The van der Waals surface area contributed by atoms with Crippen LogP contribution < -0.4 is 0 Å². The van der Waals surface area contributed by atoms with E-state index < -0.39 is 0 Å². The summed E-state index contributed by atoms with van der Waals surface area (Å²) >= 11 is 0. The van der Waals surface area contributed by atoms with Gasteiger partial charge in [-0.2, -0.15) is 0 Å². The highest BCUT2D eigenvalue weighted by Crippen LogP contribution is 2.24. The average molecular weight is 169 g/mol. The third kappa shape index (κ3) is 1.31. The van der Waals surface area contributed by atoms with Crippen molar-refractivity contribution in [1.29, 1.82) is 0 Å². The lowest BCUT2D eigenvalue weighted by atomic mass is 9.91. The number of hydrogen-bond acceptors (Lipinski definition) is 2.